The molecule has 0 bridgehead atoms. The van der Waals surface area contributed by atoms with Crippen LogP contribution in [0.4, 0.5) is 5.69 Å². The van der Waals surface area contributed by atoms with Crippen molar-refractivity contribution in [1.82, 2.24) is 9.29 Å². The Morgan fingerprint density at radius 3 is 2.34 bits per heavy atom. The van der Waals surface area contributed by atoms with E-state index in [-0.39, 0.29) is 10.8 Å². The fourth-order valence-electron chi connectivity index (χ4n) is 3.65. The van der Waals surface area contributed by atoms with Gasteiger partial charge in [0.05, 0.1) is 4.90 Å². The molecule has 170 valence electrons. The van der Waals surface area contributed by atoms with Gasteiger partial charge in [-0.25, -0.2) is 8.42 Å². The third kappa shape index (κ3) is 5.29. The number of sulfonamides is 1. The molecule has 0 unspecified atom stereocenters. The number of H-pyrrole nitrogens is 1. The van der Waals surface area contributed by atoms with Gasteiger partial charge in [-0.05, 0) is 61.2 Å². The fourth-order valence-corrected chi connectivity index (χ4v) is 5.22. The van der Waals surface area contributed by atoms with E-state index in [1.807, 2.05) is 70.2 Å². The van der Waals surface area contributed by atoms with E-state index >= 15 is 0 Å². The third-order valence-corrected chi connectivity index (χ3v) is 7.74. The number of nitrogens with one attached hydrogen (secondary N) is 2. The van der Waals surface area contributed by atoms with E-state index in [0.29, 0.717) is 31.6 Å². The van der Waals surface area contributed by atoms with E-state index in [9.17, 15) is 13.2 Å². The second kappa shape index (κ2) is 10.1. The highest BCUT2D eigenvalue weighted by Crippen LogP contribution is 2.26. The van der Waals surface area contributed by atoms with E-state index in [2.05, 4.69) is 10.3 Å². The first kappa shape index (κ1) is 23.8. The number of nitrogens with zero attached hydrogens (tertiary/aromatic N) is 1. The zero-order chi connectivity index (χ0) is 23.3. The number of amides is 1. The van der Waals surface area contributed by atoms with Crippen molar-refractivity contribution >= 4 is 21.6 Å². The number of anilines is 1. The molecule has 7 heteroatoms. The highest BCUT2D eigenvalue weighted by atomic mass is 32.2. The van der Waals surface area contributed by atoms with Crippen molar-refractivity contribution < 1.29 is 13.2 Å². The molecule has 6 nitrogen and oxygen atoms in total. The molecule has 3 aromatic rings. The summed E-state index contributed by atoms with van der Waals surface area (Å²) < 4.78 is 27.3. The second-order valence-corrected chi connectivity index (χ2v) is 9.75. The van der Waals surface area contributed by atoms with Crippen molar-refractivity contribution in [2.75, 3.05) is 18.4 Å². The van der Waals surface area contributed by atoms with Crippen molar-refractivity contribution in [3.8, 4) is 11.3 Å². The van der Waals surface area contributed by atoms with Gasteiger partial charge < -0.3 is 10.3 Å². The van der Waals surface area contributed by atoms with Gasteiger partial charge in [0, 0.05) is 36.6 Å². The van der Waals surface area contributed by atoms with Gasteiger partial charge in [-0.1, -0.05) is 44.2 Å². The van der Waals surface area contributed by atoms with Crippen LogP contribution in [-0.2, 0) is 21.2 Å². The molecule has 0 spiro atoms. The SMILES string of the molecule is CCN(CC)S(=O)(=O)c1cc(C)c(C)c(NC(=O)CCc2ccc(-c3ccccc3)[nH]2)c1. The van der Waals surface area contributed by atoms with E-state index in [1.54, 1.807) is 12.1 Å². The first-order chi connectivity index (χ1) is 15.3. The molecule has 2 aromatic carbocycles. The molecule has 32 heavy (non-hydrogen) atoms. The zero-order valence-corrected chi connectivity index (χ0v) is 19.9. The van der Waals surface area contributed by atoms with Gasteiger partial charge >= 0.3 is 0 Å². The third-order valence-electron chi connectivity index (χ3n) is 5.71. The molecule has 0 aliphatic rings. The fraction of sp³-hybridized carbons (Fsp3) is 0.320. The summed E-state index contributed by atoms with van der Waals surface area (Å²) in [5.41, 5.74) is 5.32. The minimum absolute atomic E-state index is 0.152. The summed E-state index contributed by atoms with van der Waals surface area (Å²) in [6.45, 7) is 8.17. The predicted molar refractivity (Wildman–Crippen MR) is 129 cm³/mol. The molecule has 0 saturated carbocycles. The Bertz CT molecular complexity index is 1180. The number of aromatic nitrogens is 1. The molecule has 0 atom stereocenters. The number of aromatic amines is 1. The summed E-state index contributed by atoms with van der Waals surface area (Å²) in [4.78, 5) is 16.2. The van der Waals surface area contributed by atoms with Gasteiger partial charge in [0.1, 0.15) is 0 Å². The van der Waals surface area contributed by atoms with Gasteiger partial charge in [0.15, 0.2) is 0 Å². The van der Waals surface area contributed by atoms with Crippen molar-refractivity contribution in [2.24, 2.45) is 0 Å². The number of hydrogen-bond acceptors (Lipinski definition) is 3. The highest BCUT2D eigenvalue weighted by molar-refractivity contribution is 7.89. The maximum Gasteiger partial charge on any atom is 0.243 e. The van der Waals surface area contributed by atoms with Crippen molar-refractivity contribution in [3.63, 3.8) is 0 Å². The van der Waals surface area contributed by atoms with Gasteiger partial charge in [-0.2, -0.15) is 4.31 Å². The largest absolute Gasteiger partial charge is 0.358 e. The van der Waals surface area contributed by atoms with Crippen LogP contribution in [0.25, 0.3) is 11.3 Å². The second-order valence-electron chi connectivity index (χ2n) is 7.81. The van der Waals surface area contributed by atoms with E-state index < -0.39 is 10.0 Å². The Morgan fingerprint density at radius 1 is 1.00 bits per heavy atom. The Morgan fingerprint density at radius 2 is 1.69 bits per heavy atom. The normalized spacial score (nSPS) is 11.7. The quantitative estimate of drug-likeness (QED) is 0.483. The summed E-state index contributed by atoms with van der Waals surface area (Å²) in [6.07, 6.45) is 0.856. The first-order valence-electron chi connectivity index (χ1n) is 10.9. The molecule has 2 N–H and O–H groups in total. The van der Waals surface area contributed by atoms with Crippen LogP contribution in [0.3, 0.4) is 0 Å². The molecule has 1 amide bonds. The molecular weight excluding hydrogens is 422 g/mol. The lowest BCUT2D eigenvalue weighted by molar-refractivity contribution is -0.116. The molecule has 0 fully saturated rings. The molecular formula is C25H31N3O3S. The van der Waals surface area contributed by atoms with Crippen LogP contribution in [0, 0.1) is 13.8 Å². The molecule has 0 radical (unpaired) electrons. The lowest BCUT2D eigenvalue weighted by Crippen LogP contribution is -2.30. The Kier molecular flexibility index (Phi) is 7.53. The predicted octanol–water partition coefficient (Wildman–Crippen LogP) is 4.90. The maximum atomic E-state index is 12.9. The summed E-state index contributed by atoms with van der Waals surface area (Å²) in [5.74, 6) is -0.152. The average Bonchev–Trinajstić information content (AvgIpc) is 3.25. The number of carbonyl (C=O) groups excluding carboxylic acids is 1. The Balaban J connectivity index is 1.71. The van der Waals surface area contributed by atoms with Crippen LogP contribution < -0.4 is 5.32 Å². The summed E-state index contributed by atoms with van der Waals surface area (Å²) in [5, 5.41) is 2.91. The number of hydrogen-bond donors (Lipinski definition) is 2. The lowest BCUT2D eigenvalue weighted by Gasteiger charge is -2.20. The summed E-state index contributed by atoms with van der Waals surface area (Å²) >= 11 is 0. The van der Waals surface area contributed by atoms with Crippen LogP contribution in [0.5, 0.6) is 0 Å². The molecule has 0 aliphatic heterocycles. The van der Waals surface area contributed by atoms with Crippen LogP contribution in [-0.4, -0.2) is 36.7 Å². The number of aryl methyl sites for hydroxylation is 2. The smallest absolute Gasteiger partial charge is 0.243 e. The monoisotopic (exact) mass is 453 g/mol. The van der Waals surface area contributed by atoms with Gasteiger partial charge in [-0.15, -0.1) is 0 Å². The minimum atomic E-state index is -3.60. The standard InChI is InChI=1S/C25H31N3O3S/c1-5-28(6-2)32(30,31)22-16-18(3)19(4)24(17-22)27-25(29)15-13-21-12-14-23(26-21)20-10-8-7-9-11-20/h7-12,14,16-17,26H,5-6,13,15H2,1-4H3,(H,27,29). The minimum Gasteiger partial charge on any atom is -0.358 e. The van der Waals surface area contributed by atoms with Crippen LogP contribution in [0.15, 0.2) is 59.5 Å². The van der Waals surface area contributed by atoms with Crippen LogP contribution >= 0.6 is 0 Å². The first-order valence-corrected chi connectivity index (χ1v) is 12.3. The van der Waals surface area contributed by atoms with E-state index in [4.69, 9.17) is 0 Å². The zero-order valence-electron chi connectivity index (χ0n) is 19.1. The van der Waals surface area contributed by atoms with Crippen molar-refractivity contribution in [1.29, 1.82) is 0 Å². The molecule has 1 aromatic heterocycles. The number of benzene rings is 2. The van der Waals surface area contributed by atoms with E-state index in [0.717, 1.165) is 28.1 Å². The number of rotatable bonds is 9. The van der Waals surface area contributed by atoms with Crippen molar-refractivity contribution in [3.05, 3.63) is 71.4 Å². The van der Waals surface area contributed by atoms with Gasteiger partial charge in [-0.3, -0.25) is 4.79 Å². The summed E-state index contributed by atoms with van der Waals surface area (Å²) in [6, 6.07) is 17.3. The average molecular weight is 454 g/mol. The lowest BCUT2D eigenvalue weighted by atomic mass is 10.1. The highest BCUT2D eigenvalue weighted by Gasteiger charge is 2.23. The number of carbonyl (C=O) groups is 1. The maximum absolute atomic E-state index is 12.9. The molecule has 0 saturated heterocycles. The van der Waals surface area contributed by atoms with E-state index in [1.165, 1.54) is 4.31 Å². The van der Waals surface area contributed by atoms with Crippen LogP contribution in [0.1, 0.15) is 37.1 Å². The van der Waals surface area contributed by atoms with Gasteiger partial charge in [0.25, 0.3) is 0 Å². The Hall–Kier alpha value is -2.90. The van der Waals surface area contributed by atoms with Crippen LogP contribution in [0.2, 0.25) is 0 Å². The molecule has 1 heterocycles. The topological polar surface area (TPSA) is 82.3 Å². The molecule has 3 rings (SSSR count). The molecule has 0 aliphatic carbocycles. The van der Waals surface area contributed by atoms with Gasteiger partial charge in [0.2, 0.25) is 15.9 Å². The van der Waals surface area contributed by atoms with Crippen molar-refractivity contribution in [2.45, 2.75) is 45.4 Å². The Labute approximate surface area is 190 Å². The summed E-state index contributed by atoms with van der Waals surface area (Å²) in [7, 11) is -3.60.